The van der Waals surface area contributed by atoms with Crippen molar-refractivity contribution >= 4 is 17.1 Å². The number of ether oxygens (including phenoxy) is 1. The first-order chi connectivity index (χ1) is 14.5. The summed E-state index contributed by atoms with van der Waals surface area (Å²) < 4.78 is 20.2. The minimum atomic E-state index is -1.31. The van der Waals surface area contributed by atoms with Gasteiger partial charge in [0.05, 0.1) is 17.4 Å². The number of hydrogen-bond acceptors (Lipinski definition) is 4. The average Bonchev–Trinajstić information content (AvgIpc) is 3.24. The fourth-order valence-electron chi connectivity index (χ4n) is 3.75. The fraction of sp³-hybridized carbons (Fsp3) is 0.200. The zero-order valence-electron chi connectivity index (χ0n) is 16.7. The van der Waals surface area contributed by atoms with Crippen LogP contribution in [0, 0.1) is 12.7 Å². The summed E-state index contributed by atoms with van der Waals surface area (Å²) in [6, 6.07) is 17.4. The molecule has 0 radical (unpaired) electrons. The molecule has 0 saturated heterocycles. The first-order valence-electron chi connectivity index (χ1n) is 9.90. The molecule has 4 rings (SSSR count). The number of pyridine rings is 1. The number of carboxylic acids is 1. The quantitative estimate of drug-likeness (QED) is 0.606. The second-order valence-corrected chi connectivity index (χ2v) is 7.42. The number of hydrogen-bond donors (Lipinski definition) is 0. The highest BCUT2D eigenvalue weighted by molar-refractivity contribution is 5.94. The van der Waals surface area contributed by atoms with E-state index in [1.54, 1.807) is 18.2 Å². The smallest absolute Gasteiger partial charge is 0.127 e. The van der Waals surface area contributed by atoms with Gasteiger partial charge in [-0.15, -0.1) is 0 Å². The second kappa shape index (κ2) is 8.49. The summed E-state index contributed by atoms with van der Waals surface area (Å²) in [6.07, 6.45) is 2.37. The van der Waals surface area contributed by atoms with Crippen LogP contribution in [0.1, 0.15) is 52.1 Å². The van der Waals surface area contributed by atoms with Crippen LogP contribution in [0.5, 0.6) is 5.75 Å². The molecule has 1 aliphatic rings. The van der Waals surface area contributed by atoms with E-state index in [1.165, 1.54) is 23.8 Å². The normalized spacial score (nSPS) is 13.5. The maximum absolute atomic E-state index is 14.1. The SMILES string of the molecule is Cc1ccc(COc2ccc(F)cc2C2=C(c3cccc(C(=O)[O-])n3)CCC2)cc1. The molecule has 3 aromatic rings. The first-order valence-corrected chi connectivity index (χ1v) is 9.90. The molecular weight excluding hydrogens is 381 g/mol. The van der Waals surface area contributed by atoms with Crippen LogP contribution in [-0.2, 0) is 6.61 Å². The molecule has 0 saturated carbocycles. The zero-order chi connectivity index (χ0) is 21.1. The maximum atomic E-state index is 14.1. The molecule has 0 amide bonds. The van der Waals surface area contributed by atoms with Gasteiger partial charge >= 0.3 is 0 Å². The molecule has 0 unspecified atom stereocenters. The Morgan fingerprint density at radius 2 is 1.83 bits per heavy atom. The molecule has 2 aromatic carbocycles. The van der Waals surface area contributed by atoms with Gasteiger partial charge in [-0.1, -0.05) is 35.9 Å². The van der Waals surface area contributed by atoms with Gasteiger partial charge < -0.3 is 14.6 Å². The van der Waals surface area contributed by atoms with Crippen LogP contribution in [0.4, 0.5) is 4.39 Å². The van der Waals surface area contributed by atoms with Crippen molar-refractivity contribution in [2.24, 2.45) is 0 Å². The summed E-state index contributed by atoms with van der Waals surface area (Å²) in [5, 5.41) is 11.2. The lowest BCUT2D eigenvalue weighted by Gasteiger charge is -2.15. The molecule has 1 aliphatic carbocycles. The molecule has 0 aliphatic heterocycles. The van der Waals surface area contributed by atoms with Crippen LogP contribution >= 0.6 is 0 Å². The third-order valence-corrected chi connectivity index (χ3v) is 5.27. The monoisotopic (exact) mass is 402 g/mol. The molecule has 1 aromatic heterocycles. The number of aromatic nitrogens is 1. The summed E-state index contributed by atoms with van der Waals surface area (Å²) in [7, 11) is 0. The Balaban J connectivity index is 1.70. The highest BCUT2D eigenvalue weighted by Crippen LogP contribution is 2.42. The minimum absolute atomic E-state index is 0.110. The minimum Gasteiger partial charge on any atom is -0.543 e. The van der Waals surface area contributed by atoms with E-state index in [9.17, 15) is 14.3 Å². The van der Waals surface area contributed by atoms with E-state index in [0.29, 0.717) is 23.6 Å². The zero-order valence-corrected chi connectivity index (χ0v) is 16.7. The van der Waals surface area contributed by atoms with Crippen LogP contribution in [0.2, 0.25) is 0 Å². The van der Waals surface area contributed by atoms with Crippen molar-refractivity contribution in [3.05, 3.63) is 94.6 Å². The Kier molecular flexibility index (Phi) is 5.61. The van der Waals surface area contributed by atoms with Gasteiger partial charge in [0.25, 0.3) is 0 Å². The first kappa shape index (κ1) is 19.8. The van der Waals surface area contributed by atoms with Gasteiger partial charge in [-0.2, -0.15) is 0 Å². The van der Waals surface area contributed by atoms with E-state index in [-0.39, 0.29) is 11.5 Å². The molecule has 0 fully saturated rings. The van der Waals surface area contributed by atoms with Gasteiger partial charge in [0, 0.05) is 5.56 Å². The van der Waals surface area contributed by atoms with Crippen LogP contribution in [0.25, 0.3) is 11.1 Å². The fourth-order valence-corrected chi connectivity index (χ4v) is 3.75. The Labute approximate surface area is 174 Å². The van der Waals surface area contributed by atoms with Crippen molar-refractivity contribution < 1.29 is 19.0 Å². The van der Waals surface area contributed by atoms with Crippen molar-refractivity contribution in [2.75, 3.05) is 0 Å². The molecule has 152 valence electrons. The van der Waals surface area contributed by atoms with Crippen molar-refractivity contribution in [3.8, 4) is 5.75 Å². The number of nitrogens with zero attached hydrogens (tertiary/aromatic N) is 1. The standard InChI is InChI=1S/C25H22FNO3/c1-16-8-10-17(11-9-16)15-30-24-13-12-18(26)14-21(24)19-4-2-5-20(19)22-6-3-7-23(27-22)25(28)29/h3,6-14H,2,4-5,15H2,1H3,(H,28,29)/p-1. The lowest BCUT2D eigenvalue weighted by Crippen LogP contribution is -2.23. The summed E-state index contributed by atoms with van der Waals surface area (Å²) in [5.74, 6) is -1.06. The number of carboxylic acid groups (broad SMARTS) is 1. The van der Waals surface area contributed by atoms with Crippen molar-refractivity contribution in [2.45, 2.75) is 32.8 Å². The highest BCUT2D eigenvalue weighted by Gasteiger charge is 2.22. The van der Waals surface area contributed by atoms with Gasteiger partial charge in [-0.3, -0.25) is 0 Å². The molecule has 1 heterocycles. The Morgan fingerprint density at radius 3 is 2.60 bits per heavy atom. The molecule has 0 spiro atoms. The van der Waals surface area contributed by atoms with E-state index >= 15 is 0 Å². The highest BCUT2D eigenvalue weighted by atomic mass is 19.1. The third-order valence-electron chi connectivity index (χ3n) is 5.27. The number of aromatic carboxylic acids is 1. The molecule has 0 bridgehead atoms. The second-order valence-electron chi connectivity index (χ2n) is 7.42. The molecule has 30 heavy (non-hydrogen) atoms. The molecular formula is C25H21FNO3-. The van der Waals surface area contributed by atoms with Crippen LogP contribution in [-0.4, -0.2) is 11.0 Å². The van der Waals surface area contributed by atoms with Crippen molar-refractivity contribution in [1.29, 1.82) is 0 Å². The number of carbonyl (C=O) groups is 1. The predicted octanol–water partition coefficient (Wildman–Crippen LogP) is 4.57. The predicted molar refractivity (Wildman–Crippen MR) is 111 cm³/mol. The average molecular weight is 402 g/mol. The number of rotatable bonds is 6. The molecule has 5 heteroatoms. The van der Waals surface area contributed by atoms with E-state index < -0.39 is 5.97 Å². The Bertz CT molecular complexity index is 1120. The summed E-state index contributed by atoms with van der Waals surface area (Å²) >= 11 is 0. The maximum Gasteiger partial charge on any atom is 0.127 e. The summed E-state index contributed by atoms with van der Waals surface area (Å²) in [5.41, 5.74) is 5.22. The van der Waals surface area contributed by atoms with Gasteiger partial charge in [-0.25, -0.2) is 9.37 Å². The van der Waals surface area contributed by atoms with Gasteiger partial charge in [0.2, 0.25) is 0 Å². The van der Waals surface area contributed by atoms with Gasteiger partial charge in [0.1, 0.15) is 18.2 Å². The summed E-state index contributed by atoms with van der Waals surface area (Å²) in [4.78, 5) is 15.4. The van der Waals surface area contributed by atoms with Crippen LogP contribution < -0.4 is 9.84 Å². The molecule has 0 N–H and O–H groups in total. The number of aryl methyl sites for hydroxylation is 1. The van der Waals surface area contributed by atoms with Crippen molar-refractivity contribution in [1.82, 2.24) is 4.98 Å². The number of carbonyl (C=O) groups excluding carboxylic acids is 1. The van der Waals surface area contributed by atoms with Gasteiger partial charge in [-0.05, 0) is 73.2 Å². The summed E-state index contributed by atoms with van der Waals surface area (Å²) in [6.45, 7) is 2.40. The lowest BCUT2D eigenvalue weighted by molar-refractivity contribution is -0.255. The van der Waals surface area contributed by atoms with Crippen LogP contribution in [0.15, 0.2) is 60.7 Å². The van der Waals surface area contributed by atoms with E-state index in [2.05, 4.69) is 4.98 Å². The number of allylic oxidation sites excluding steroid dienone is 2. The van der Waals surface area contributed by atoms with E-state index in [4.69, 9.17) is 4.74 Å². The number of halogens is 1. The topological polar surface area (TPSA) is 62.2 Å². The molecule has 0 atom stereocenters. The van der Waals surface area contributed by atoms with Gasteiger partial charge in [0.15, 0.2) is 0 Å². The number of benzene rings is 2. The third kappa shape index (κ3) is 4.25. The largest absolute Gasteiger partial charge is 0.543 e. The Morgan fingerprint density at radius 1 is 1.07 bits per heavy atom. The lowest BCUT2D eigenvalue weighted by atomic mass is 9.98. The Hall–Kier alpha value is -3.47. The van der Waals surface area contributed by atoms with E-state index in [0.717, 1.165) is 36.0 Å². The van der Waals surface area contributed by atoms with Crippen molar-refractivity contribution in [3.63, 3.8) is 0 Å². The van der Waals surface area contributed by atoms with E-state index in [1.807, 2.05) is 31.2 Å². The molecule has 4 nitrogen and oxygen atoms in total. The van der Waals surface area contributed by atoms with Crippen LogP contribution in [0.3, 0.4) is 0 Å².